The highest BCUT2D eigenvalue weighted by atomic mass is 35.5. The maximum absolute atomic E-state index is 12.9. The van der Waals surface area contributed by atoms with E-state index in [1.165, 1.54) is 0 Å². The Balaban J connectivity index is 0.00000353. The minimum Gasteiger partial charge on any atom is -0.493 e. The molecule has 9 nitrogen and oxygen atoms in total. The van der Waals surface area contributed by atoms with Crippen LogP contribution in [0, 0.1) is 0 Å². The number of benzene rings is 2. The molecule has 12 heteroatoms. The molecular weight excluding hydrogens is 558 g/mol. The van der Waals surface area contributed by atoms with Gasteiger partial charge in [-0.3, -0.25) is 9.59 Å². The zero-order valence-corrected chi connectivity index (χ0v) is 24.0. The average molecular weight is 588 g/mol. The molecule has 1 aliphatic heterocycles. The van der Waals surface area contributed by atoms with Gasteiger partial charge in [0.25, 0.3) is 5.91 Å². The summed E-state index contributed by atoms with van der Waals surface area (Å²) in [4.78, 5) is 35.7. The number of nitrogens with zero attached hydrogens (tertiary/aromatic N) is 3. The van der Waals surface area contributed by atoms with Crippen LogP contribution >= 0.6 is 35.1 Å². The molecule has 1 aliphatic rings. The molecule has 1 saturated heterocycles. The molecule has 5 rings (SSSR count). The second-order valence-corrected chi connectivity index (χ2v) is 10.9. The summed E-state index contributed by atoms with van der Waals surface area (Å²) in [6.07, 6.45) is 0.566. The van der Waals surface area contributed by atoms with E-state index in [0.717, 1.165) is 20.2 Å². The zero-order valence-electron chi connectivity index (χ0n) is 21.6. The first-order chi connectivity index (χ1) is 18.4. The first-order valence-corrected chi connectivity index (χ1v) is 13.9. The van der Waals surface area contributed by atoms with Crippen molar-refractivity contribution in [2.24, 2.45) is 5.73 Å². The number of nitrogens with two attached hydrogens (primary N) is 1. The quantitative estimate of drug-likeness (QED) is 0.317. The van der Waals surface area contributed by atoms with E-state index in [0.29, 0.717) is 55.3 Å². The molecule has 4 aromatic rings. The number of carbonyl (C=O) groups excluding carboxylic acids is 2. The van der Waals surface area contributed by atoms with Crippen molar-refractivity contribution in [1.82, 2.24) is 9.88 Å². The van der Waals surface area contributed by atoms with Gasteiger partial charge in [0.1, 0.15) is 0 Å². The number of aromatic nitrogens is 1. The van der Waals surface area contributed by atoms with Gasteiger partial charge in [0.05, 0.1) is 30.5 Å². The van der Waals surface area contributed by atoms with Gasteiger partial charge in [-0.25, -0.2) is 4.98 Å². The summed E-state index contributed by atoms with van der Waals surface area (Å²) in [5.41, 5.74) is 8.19. The first kappa shape index (κ1) is 28.6. The van der Waals surface area contributed by atoms with Crippen LogP contribution < -0.4 is 25.4 Å². The largest absolute Gasteiger partial charge is 0.493 e. The first-order valence-electron chi connectivity index (χ1n) is 12.2. The molecule has 0 spiro atoms. The van der Waals surface area contributed by atoms with Crippen molar-refractivity contribution in [3.05, 3.63) is 64.4 Å². The van der Waals surface area contributed by atoms with Gasteiger partial charge in [-0.1, -0.05) is 17.4 Å². The van der Waals surface area contributed by atoms with Crippen molar-refractivity contribution in [2.75, 3.05) is 50.6 Å². The summed E-state index contributed by atoms with van der Waals surface area (Å²) in [5.74, 6) is 0.905. The minimum atomic E-state index is -0.522. The Labute approximate surface area is 240 Å². The molecule has 3 N–H and O–H groups in total. The van der Waals surface area contributed by atoms with Gasteiger partial charge in [0, 0.05) is 54.8 Å². The number of nitrogens with one attached hydrogen (secondary N) is 1. The maximum Gasteiger partial charge on any atom is 0.255 e. The number of rotatable bonds is 8. The summed E-state index contributed by atoms with van der Waals surface area (Å²) in [5, 5.41) is 5.79. The summed E-state index contributed by atoms with van der Waals surface area (Å²) in [6.45, 7) is 2.58. The third kappa shape index (κ3) is 6.44. The molecule has 39 heavy (non-hydrogen) atoms. The Morgan fingerprint density at radius 1 is 1.05 bits per heavy atom. The van der Waals surface area contributed by atoms with Gasteiger partial charge < -0.3 is 30.3 Å². The highest BCUT2D eigenvalue weighted by Crippen LogP contribution is 2.32. The Morgan fingerprint density at radius 3 is 2.51 bits per heavy atom. The smallest absolute Gasteiger partial charge is 0.255 e. The minimum absolute atomic E-state index is 0. The number of ether oxygens (including phenoxy) is 2. The summed E-state index contributed by atoms with van der Waals surface area (Å²) < 4.78 is 11.5. The van der Waals surface area contributed by atoms with Gasteiger partial charge >= 0.3 is 0 Å². The second kappa shape index (κ2) is 12.6. The Bertz CT molecular complexity index is 1440. The normalized spacial score (nSPS) is 14.0. The number of carbonyl (C=O) groups is 2. The predicted molar refractivity (Wildman–Crippen MR) is 159 cm³/mol. The Hall–Kier alpha value is -3.38. The number of hydrogen-bond acceptors (Lipinski definition) is 9. The van der Waals surface area contributed by atoms with Crippen molar-refractivity contribution < 1.29 is 19.1 Å². The number of fused-ring (bicyclic) bond motifs is 1. The molecule has 0 unspecified atom stereocenters. The summed E-state index contributed by atoms with van der Waals surface area (Å²) >= 11 is 3.16. The third-order valence-corrected chi connectivity index (χ3v) is 8.44. The van der Waals surface area contributed by atoms with Gasteiger partial charge in [0.15, 0.2) is 16.6 Å². The zero-order chi connectivity index (χ0) is 26.6. The number of piperazine rings is 1. The Morgan fingerprint density at radius 2 is 1.82 bits per heavy atom. The number of methoxy groups -OCH3 is 2. The van der Waals surface area contributed by atoms with Gasteiger partial charge in [0.2, 0.25) is 5.91 Å². The SMILES string of the molecule is COc1ccc(NC(=O)c2ccc3nc(N4CCN(C(=O)[C@@H](N)Cc5cccs5)CC4)sc3c2)cc1OC.Cl. The van der Waals surface area contributed by atoms with E-state index >= 15 is 0 Å². The molecule has 3 heterocycles. The number of anilines is 2. The fraction of sp³-hybridized carbons (Fsp3) is 0.296. The van der Waals surface area contributed by atoms with Crippen molar-refractivity contribution >= 4 is 67.9 Å². The van der Waals surface area contributed by atoms with E-state index in [-0.39, 0.29) is 24.2 Å². The summed E-state index contributed by atoms with van der Waals surface area (Å²) in [6, 6.07) is 14.2. The van der Waals surface area contributed by atoms with E-state index in [2.05, 4.69) is 10.2 Å². The standard InChI is InChI=1S/C27H29N5O4S2.ClH/c1-35-22-8-6-18(15-23(22)36-2)29-25(33)17-5-7-21-24(14-17)38-27(30-21)32-11-9-31(10-12-32)26(34)20(28)16-19-4-3-13-37-19;/h3-8,13-15,20H,9-12,16,28H2,1-2H3,(H,29,33);1H/t20-;/m0./s1. The molecule has 2 aromatic carbocycles. The highest BCUT2D eigenvalue weighted by molar-refractivity contribution is 7.22. The van der Waals surface area contributed by atoms with E-state index < -0.39 is 6.04 Å². The number of thiophene rings is 1. The van der Waals surface area contributed by atoms with Crippen LogP contribution in [-0.4, -0.2) is 68.1 Å². The number of halogens is 1. The van der Waals surface area contributed by atoms with Crippen LogP contribution in [0.1, 0.15) is 15.2 Å². The van der Waals surface area contributed by atoms with Crippen LogP contribution in [0.2, 0.25) is 0 Å². The van der Waals surface area contributed by atoms with Crippen molar-refractivity contribution in [1.29, 1.82) is 0 Å². The molecule has 0 bridgehead atoms. The van der Waals surface area contributed by atoms with Crippen LogP contribution in [0.15, 0.2) is 53.9 Å². The molecule has 206 valence electrons. The molecular formula is C27H30ClN5O4S2. The second-order valence-electron chi connectivity index (χ2n) is 8.91. The molecule has 2 amide bonds. The lowest BCUT2D eigenvalue weighted by Crippen LogP contribution is -2.53. The Kier molecular flexibility index (Phi) is 9.28. The van der Waals surface area contributed by atoms with E-state index in [1.807, 2.05) is 34.5 Å². The molecule has 2 aromatic heterocycles. The predicted octanol–water partition coefficient (Wildman–Crippen LogP) is 4.27. The summed E-state index contributed by atoms with van der Waals surface area (Å²) in [7, 11) is 3.12. The third-order valence-electron chi connectivity index (χ3n) is 6.46. The van der Waals surface area contributed by atoms with Crippen molar-refractivity contribution in [2.45, 2.75) is 12.5 Å². The lowest BCUT2D eigenvalue weighted by Gasteiger charge is -2.35. The van der Waals surface area contributed by atoms with Gasteiger partial charge in [-0.15, -0.1) is 23.7 Å². The highest BCUT2D eigenvalue weighted by Gasteiger charge is 2.27. The van der Waals surface area contributed by atoms with Crippen molar-refractivity contribution in [3.8, 4) is 11.5 Å². The molecule has 1 fully saturated rings. The topological polar surface area (TPSA) is 110 Å². The molecule has 0 radical (unpaired) electrons. The van der Waals surface area contributed by atoms with E-state index in [9.17, 15) is 9.59 Å². The van der Waals surface area contributed by atoms with Gasteiger partial charge in [-0.2, -0.15) is 0 Å². The van der Waals surface area contributed by atoms with E-state index in [4.69, 9.17) is 20.2 Å². The van der Waals surface area contributed by atoms with Gasteiger partial charge in [-0.05, 0) is 41.8 Å². The fourth-order valence-corrected chi connectivity index (χ4v) is 6.21. The number of thiazole rings is 1. The monoisotopic (exact) mass is 587 g/mol. The van der Waals surface area contributed by atoms with Crippen LogP contribution in [0.25, 0.3) is 10.2 Å². The molecule has 0 saturated carbocycles. The van der Waals surface area contributed by atoms with E-state index in [1.54, 1.807) is 61.2 Å². The molecule has 1 atom stereocenters. The lowest BCUT2D eigenvalue weighted by atomic mass is 10.1. The maximum atomic E-state index is 12.9. The lowest BCUT2D eigenvalue weighted by molar-refractivity contribution is -0.132. The molecule has 0 aliphatic carbocycles. The van der Waals surface area contributed by atoms with Crippen LogP contribution in [-0.2, 0) is 11.2 Å². The number of hydrogen-bond donors (Lipinski definition) is 2. The van der Waals surface area contributed by atoms with Crippen LogP contribution in [0.4, 0.5) is 10.8 Å². The fourth-order valence-electron chi connectivity index (χ4n) is 4.39. The average Bonchev–Trinajstić information content (AvgIpc) is 3.62. The number of amides is 2. The van der Waals surface area contributed by atoms with Crippen LogP contribution in [0.3, 0.4) is 0 Å². The van der Waals surface area contributed by atoms with Crippen LogP contribution in [0.5, 0.6) is 11.5 Å². The van der Waals surface area contributed by atoms with Crippen molar-refractivity contribution in [3.63, 3.8) is 0 Å².